The molecule has 2 nitrogen and oxygen atoms in total. The summed E-state index contributed by atoms with van der Waals surface area (Å²) in [6.07, 6.45) is 9.73. The summed E-state index contributed by atoms with van der Waals surface area (Å²) in [6.45, 7) is 0. The van der Waals surface area contributed by atoms with E-state index in [4.69, 9.17) is 0 Å². The Morgan fingerprint density at radius 3 is 2.50 bits per heavy atom. The van der Waals surface area contributed by atoms with Gasteiger partial charge in [-0.25, -0.2) is 0 Å². The Labute approximate surface area is 97.7 Å². The van der Waals surface area contributed by atoms with Crippen molar-refractivity contribution in [1.82, 2.24) is 4.98 Å². The van der Waals surface area contributed by atoms with E-state index in [2.05, 4.69) is 17.1 Å². The van der Waals surface area contributed by atoms with Gasteiger partial charge < -0.3 is 5.11 Å². The van der Waals surface area contributed by atoms with E-state index in [9.17, 15) is 5.11 Å². The van der Waals surface area contributed by atoms with Crippen LogP contribution in [-0.2, 0) is 6.42 Å². The van der Waals surface area contributed by atoms with E-state index < -0.39 is 0 Å². The zero-order chi connectivity index (χ0) is 11.2. The zero-order valence-corrected chi connectivity index (χ0v) is 9.81. The first-order chi connectivity index (χ1) is 7.84. The molecule has 0 bridgehead atoms. The van der Waals surface area contributed by atoms with Crippen molar-refractivity contribution in [2.45, 2.75) is 51.0 Å². The number of hydrogen-bond acceptors (Lipinski definition) is 2. The van der Waals surface area contributed by atoms with Gasteiger partial charge in [-0.1, -0.05) is 18.9 Å². The summed E-state index contributed by atoms with van der Waals surface area (Å²) in [5, 5.41) is 9.58. The fraction of sp³-hybridized carbons (Fsp3) is 0.643. The van der Waals surface area contributed by atoms with Gasteiger partial charge in [-0.2, -0.15) is 0 Å². The van der Waals surface area contributed by atoms with Crippen molar-refractivity contribution in [3.05, 3.63) is 30.1 Å². The highest BCUT2D eigenvalue weighted by Gasteiger charge is 2.15. The molecule has 0 amide bonds. The minimum Gasteiger partial charge on any atom is -0.393 e. The molecular weight excluding hydrogens is 198 g/mol. The molecule has 0 unspecified atom stereocenters. The summed E-state index contributed by atoms with van der Waals surface area (Å²) >= 11 is 0. The van der Waals surface area contributed by atoms with E-state index in [1.54, 1.807) is 0 Å². The lowest BCUT2D eigenvalue weighted by atomic mass is 9.87. The summed E-state index contributed by atoms with van der Waals surface area (Å²) in [4.78, 5) is 4.39. The smallest absolute Gasteiger partial charge is 0.0540 e. The predicted molar refractivity (Wildman–Crippen MR) is 65.1 cm³/mol. The van der Waals surface area contributed by atoms with Gasteiger partial charge in [0.2, 0.25) is 0 Å². The molecule has 1 aliphatic carbocycles. The fourth-order valence-electron chi connectivity index (χ4n) is 2.59. The SMILES string of the molecule is OC1CCCC(Cc2ccccn2)CCC1. The maximum absolute atomic E-state index is 9.58. The quantitative estimate of drug-likeness (QED) is 0.829. The molecule has 0 aliphatic heterocycles. The Balaban J connectivity index is 1.85. The fourth-order valence-corrected chi connectivity index (χ4v) is 2.59. The van der Waals surface area contributed by atoms with Gasteiger partial charge in [0.05, 0.1) is 6.10 Å². The number of hydrogen-bond donors (Lipinski definition) is 1. The third-order valence-corrected chi connectivity index (χ3v) is 3.52. The van der Waals surface area contributed by atoms with Gasteiger partial charge in [-0.15, -0.1) is 0 Å². The Hall–Kier alpha value is -0.890. The number of aliphatic hydroxyl groups excluding tert-OH is 1. The van der Waals surface area contributed by atoms with Gasteiger partial charge in [-0.3, -0.25) is 4.98 Å². The second kappa shape index (κ2) is 6.00. The topological polar surface area (TPSA) is 33.1 Å². The summed E-state index contributed by atoms with van der Waals surface area (Å²) in [7, 11) is 0. The van der Waals surface area contributed by atoms with Crippen molar-refractivity contribution in [3.63, 3.8) is 0 Å². The summed E-state index contributed by atoms with van der Waals surface area (Å²) in [5.74, 6) is 0.766. The van der Waals surface area contributed by atoms with Crippen LogP contribution in [0.4, 0.5) is 0 Å². The zero-order valence-electron chi connectivity index (χ0n) is 9.81. The van der Waals surface area contributed by atoms with Gasteiger partial charge in [0, 0.05) is 11.9 Å². The van der Waals surface area contributed by atoms with Crippen molar-refractivity contribution < 1.29 is 5.11 Å². The summed E-state index contributed by atoms with van der Waals surface area (Å²) in [5.41, 5.74) is 1.22. The van der Waals surface area contributed by atoms with Crippen molar-refractivity contribution in [2.24, 2.45) is 5.92 Å². The van der Waals surface area contributed by atoms with Crippen molar-refractivity contribution in [3.8, 4) is 0 Å². The third-order valence-electron chi connectivity index (χ3n) is 3.52. The molecule has 1 aromatic rings. The molecule has 1 aromatic heterocycles. The standard InChI is InChI=1S/C14H21NO/c16-14-8-3-5-12(6-4-9-14)11-13-7-1-2-10-15-13/h1-2,7,10,12,14,16H,3-6,8-9,11H2. The minimum atomic E-state index is -0.0456. The van der Waals surface area contributed by atoms with Crippen molar-refractivity contribution in [2.75, 3.05) is 0 Å². The van der Waals surface area contributed by atoms with E-state index in [0.29, 0.717) is 0 Å². The lowest BCUT2D eigenvalue weighted by Crippen LogP contribution is -2.14. The molecule has 1 fully saturated rings. The minimum absolute atomic E-state index is 0.0456. The number of rotatable bonds is 2. The highest BCUT2D eigenvalue weighted by Crippen LogP contribution is 2.25. The first-order valence-corrected chi connectivity index (χ1v) is 6.42. The van der Waals surface area contributed by atoms with Crippen LogP contribution in [0.3, 0.4) is 0 Å². The number of nitrogens with zero attached hydrogens (tertiary/aromatic N) is 1. The van der Waals surface area contributed by atoms with Gasteiger partial charge in [0.15, 0.2) is 0 Å². The van der Waals surface area contributed by atoms with E-state index in [1.165, 1.54) is 31.4 Å². The average molecular weight is 219 g/mol. The Bertz CT molecular complexity index is 289. The van der Waals surface area contributed by atoms with Crippen LogP contribution in [0.25, 0.3) is 0 Å². The van der Waals surface area contributed by atoms with E-state index in [-0.39, 0.29) is 6.10 Å². The number of aromatic nitrogens is 1. The first-order valence-electron chi connectivity index (χ1n) is 6.42. The molecule has 0 saturated heterocycles. The van der Waals surface area contributed by atoms with Crippen LogP contribution in [0.2, 0.25) is 0 Å². The van der Waals surface area contributed by atoms with Crippen LogP contribution < -0.4 is 0 Å². The van der Waals surface area contributed by atoms with Crippen LogP contribution in [-0.4, -0.2) is 16.2 Å². The largest absolute Gasteiger partial charge is 0.393 e. The third kappa shape index (κ3) is 3.60. The van der Waals surface area contributed by atoms with Crippen molar-refractivity contribution >= 4 is 0 Å². The molecule has 1 heterocycles. The van der Waals surface area contributed by atoms with Gasteiger partial charge >= 0.3 is 0 Å². The lowest BCUT2D eigenvalue weighted by molar-refractivity contribution is 0.133. The van der Waals surface area contributed by atoms with Crippen LogP contribution in [0.5, 0.6) is 0 Å². The molecule has 1 saturated carbocycles. The van der Waals surface area contributed by atoms with E-state index in [0.717, 1.165) is 25.2 Å². The second-order valence-corrected chi connectivity index (χ2v) is 4.91. The molecular formula is C14H21NO. The predicted octanol–water partition coefficient (Wildman–Crippen LogP) is 2.96. The maximum Gasteiger partial charge on any atom is 0.0540 e. The Kier molecular flexibility index (Phi) is 4.34. The van der Waals surface area contributed by atoms with Crippen LogP contribution in [0.1, 0.15) is 44.2 Å². The Morgan fingerprint density at radius 1 is 1.12 bits per heavy atom. The van der Waals surface area contributed by atoms with Gasteiger partial charge in [0.1, 0.15) is 0 Å². The summed E-state index contributed by atoms with van der Waals surface area (Å²) in [6, 6.07) is 6.15. The monoisotopic (exact) mass is 219 g/mol. The molecule has 2 heteroatoms. The second-order valence-electron chi connectivity index (χ2n) is 4.91. The molecule has 0 spiro atoms. The van der Waals surface area contributed by atoms with E-state index in [1.807, 2.05) is 12.3 Å². The first kappa shape index (κ1) is 11.6. The van der Waals surface area contributed by atoms with Crippen molar-refractivity contribution in [1.29, 1.82) is 0 Å². The highest BCUT2D eigenvalue weighted by atomic mass is 16.3. The van der Waals surface area contributed by atoms with Crippen LogP contribution >= 0.6 is 0 Å². The molecule has 1 aliphatic rings. The molecule has 1 N–H and O–H groups in total. The lowest BCUT2D eigenvalue weighted by Gasteiger charge is -2.21. The molecule has 88 valence electrons. The molecule has 16 heavy (non-hydrogen) atoms. The molecule has 2 rings (SSSR count). The highest BCUT2D eigenvalue weighted by molar-refractivity contribution is 5.04. The molecule has 0 aromatic carbocycles. The van der Waals surface area contributed by atoms with Gasteiger partial charge in [-0.05, 0) is 50.2 Å². The van der Waals surface area contributed by atoms with Crippen LogP contribution in [0.15, 0.2) is 24.4 Å². The van der Waals surface area contributed by atoms with Crippen LogP contribution in [0, 0.1) is 5.92 Å². The van der Waals surface area contributed by atoms with Gasteiger partial charge in [0.25, 0.3) is 0 Å². The maximum atomic E-state index is 9.58. The normalized spacial score (nSPS) is 27.1. The number of aliphatic hydroxyl groups is 1. The Morgan fingerprint density at radius 2 is 1.88 bits per heavy atom. The number of pyridine rings is 1. The average Bonchev–Trinajstić information content (AvgIpc) is 2.27. The summed E-state index contributed by atoms with van der Waals surface area (Å²) < 4.78 is 0. The van der Waals surface area contributed by atoms with E-state index >= 15 is 0 Å². The molecule has 0 radical (unpaired) electrons. The molecule has 0 atom stereocenters.